The number of rotatable bonds is 12. The summed E-state index contributed by atoms with van der Waals surface area (Å²) in [5.74, 6) is -0.816. The highest BCUT2D eigenvalue weighted by Gasteiger charge is 2.49. The molecular weight excluding hydrogens is 590 g/mol. The molecule has 0 unspecified atom stereocenters. The lowest BCUT2D eigenvalue weighted by Gasteiger charge is -2.38. The lowest BCUT2D eigenvalue weighted by molar-refractivity contribution is -0.384. The van der Waals surface area contributed by atoms with Crippen LogP contribution in [0.1, 0.15) is 49.2 Å². The van der Waals surface area contributed by atoms with Crippen molar-refractivity contribution in [1.82, 2.24) is 19.9 Å². The van der Waals surface area contributed by atoms with Gasteiger partial charge < -0.3 is 29.5 Å². The first-order valence-electron chi connectivity index (χ1n) is 14.6. The second-order valence-corrected chi connectivity index (χ2v) is 11.8. The fourth-order valence-corrected chi connectivity index (χ4v) is 5.63. The van der Waals surface area contributed by atoms with Gasteiger partial charge in [0.1, 0.15) is 11.3 Å². The Labute approximate surface area is 259 Å². The first kappa shape index (κ1) is 31.8. The number of nitro groups is 1. The summed E-state index contributed by atoms with van der Waals surface area (Å²) < 4.78 is 37.4. The van der Waals surface area contributed by atoms with Gasteiger partial charge in [0.05, 0.1) is 28.1 Å². The second-order valence-electron chi connectivity index (χ2n) is 11.8. The van der Waals surface area contributed by atoms with Gasteiger partial charge in [-0.1, -0.05) is 6.42 Å². The minimum atomic E-state index is -3.20. The monoisotopic (exact) mass is 626 g/mol. The van der Waals surface area contributed by atoms with E-state index < -0.39 is 23.6 Å². The van der Waals surface area contributed by atoms with Crippen LogP contribution in [0, 0.1) is 10.1 Å². The Hall–Kier alpha value is -4.66. The van der Waals surface area contributed by atoms with Gasteiger partial charge in [0.2, 0.25) is 5.95 Å². The molecule has 0 saturated heterocycles. The van der Waals surface area contributed by atoms with Crippen molar-refractivity contribution >= 4 is 40.5 Å². The zero-order chi connectivity index (χ0) is 32.5. The van der Waals surface area contributed by atoms with Crippen molar-refractivity contribution in [2.75, 3.05) is 55.9 Å². The Morgan fingerprint density at radius 3 is 2.58 bits per heavy atom. The van der Waals surface area contributed by atoms with Crippen LogP contribution in [0.25, 0.3) is 0 Å². The molecule has 1 N–H and O–H groups in total. The molecule has 0 amide bonds. The van der Waals surface area contributed by atoms with Gasteiger partial charge in [-0.25, -0.2) is 9.78 Å². The highest BCUT2D eigenvalue weighted by molar-refractivity contribution is 5.96. The van der Waals surface area contributed by atoms with Crippen LogP contribution in [0.3, 0.4) is 0 Å². The van der Waals surface area contributed by atoms with Gasteiger partial charge in [0.15, 0.2) is 11.6 Å². The van der Waals surface area contributed by atoms with E-state index in [9.17, 15) is 23.7 Å². The Balaban J connectivity index is 1.58. The van der Waals surface area contributed by atoms with E-state index >= 15 is 0 Å². The second kappa shape index (κ2) is 12.8. The standard InChI is InChI=1S/C30H36F2N8O5/c1-18(2)44-27(41)19-16-34-29(36-26(19)39-17-30(9-7-10-30)25-21(39)8-6-11-33-25)35-20-14-23(40(42)43)22(15-24(20)45-28(31)32)38(5)13-12-37(3)4/h6,8,11,14-16,18,28H,7,9-10,12-13,17H2,1-5H3,(H,34,35,36). The molecule has 1 saturated carbocycles. The van der Waals surface area contributed by atoms with Crippen molar-refractivity contribution in [1.29, 1.82) is 0 Å². The molecule has 0 atom stereocenters. The number of halogens is 2. The van der Waals surface area contributed by atoms with E-state index in [1.807, 2.05) is 30.0 Å². The molecule has 2 aromatic heterocycles. The summed E-state index contributed by atoms with van der Waals surface area (Å²) >= 11 is 0. The zero-order valence-corrected chi connectivity index (χ0v) is 25.8. The molecule has 13 nitrogen and oxygen atoms in total. The summed E-state index contributed by atoms with van der Waals surface area (Å²) in [7, 11) is 5.34. The Kier molecular flexibility index (Phi) is 9.00. The molecule has 1 fully saturated rings. The Morgan fingerprint density at radius 2 is 1.96 bits per heavy atom. The van der Waals surface area contributed by atoms with Crippen LogP contribution < -0.4 is 19.9 Å². The van der Waals surface area contributed by atoms with Gasteiger partial charge >= 0.3 is 12.6 Å². The van der Waals surface area contributed by atoms with Gasteiger partial charge in [0, 0.05) is 56.6 Å². The molecule has 45 heavy (non-hydrogen) atoms. The molecule has 15 heteroatoms. The van der Waals surface area contributed by atoms with Crippen LogP contribution in [-0.2, 0) is 10.2 Å². The average Bonchev–Trinajstić information content (AvgIpc) is 3.32. The molecule has 2 aliphatic rings. The lowest BCUT2D eigenvalue weighted by Crippen LogP contribution is -2.39. The highest BCUT2D eigenvalue weighted by atomic mass is 19.3. The maximum atomic E-state index is 13.6. The zero-order valence-electron chi connectivity index (χ0n) is 25.8. The smallest absolute Gasteiger partial charge is 0.387 e. The summed E-state index contributed by atoms with van der Waals surface area (Å²) in [5, 5.41) is 14.9. The number of ether oxygens (including phenoxy) is 2. The van der Waals surface area contributed by atoms with Crippen LogP contribution in [-0.4, -0.2) is 84.2 Å². The minimum absolute atomic E-state index is 0.0896. The average molecular weight is 627 g/mol. The number of fused-ring (bicyclic) bond motifs is 2. The number of anilines is 5. The summed E-state index contributed by atoms with van der Waals surface area (Å²) in [6.07, 6.45) is 5.54. The molecule has 240 valence electrons. The van der Waals surface area contributed by atoms with Crippen molar-refractivity contribution in [3.63, 3.8) is 0 Å². The van der Waals surface area contributed by atoms with E-state index in [0.717, 1.165) is 36.7 Å². The van der Waals surface area contributed by atoms with Crippen LogP contribution in [0.2, 0.25) is 0 Å². The summed E-state index contributed by atoms with van der Waals surface area (Å²) in [6, 6.07) is 6.02. The number of hydrogen-bond acceptors (Lipinski definition) is 12. The molecule has 1 aliphatic carbocycles. The number of carbonyl (C=O) groups is 1. The predicted octanol–water partition coefficient (Wildman–Crippen LogP) is 5.26. The van der Waals surface area contributed by atoms with Crippen molar-refractivity contribution in [3.05, 3.63) is 58.0 Å². The summed E-state index contributed by atoms with van der Waals surface area (Å²) in [6.45, 7) is 1.73. The Morgan fingerprint density at radius 1 is 1.20 bits per heavy atom. The number of alkyl halides is 2. The molecule has 1 aliphatic heterocycles. The fourth-order valence-electron chi connectivity index (χ4n) is 5.63. The SMILES string of the molecule is CC(C)OC(=O)c1cnc(Nc2cc([N+](=O)[O-])c(N(C)CCN(C)C)cc2OC(F)F)nc1N1CC2(CCC2)c2ncccc21. The maximum Gasteiger partial charge on any atom is 0.387 e. The van der Waals surface area contributed by atoms with Gasteiger partial charge in [-0.3, -0.25) is 15.1 Å². The number of nitrogens with zero attached hydrogens (tertiary/aromatic N) is 7. The number of carbonyl (C=O) groups excluding carboxylic acids is 1. The fraction of sp³-hybridized carbons (Fsp3) is 0.467. The molecule has 0 radical (unpaired) electrons. The van der Waals surface area contributed by atoms with Gasteiger partial charge in [-0.05, 0) is 52.9 Å². The predicted molar refractivity (Wildman–Crippen MR) is 164 cm³/mol. The number of nitro benzene ring substituents is 1. The van der Waals surface area contributed by atoms with Crippen molar-refractivity contribution in [3.8, 4) is 5.75 Å². The quantitative estimate of drug-likeness (QED) is 0.159. The maximum absolute atomic E-state index is 13.6. The van der Waals surface area contributed by atoms with E-state index in [1.165, 1.54) is 12.3 Å². The summed E-state index contributed by atoms with van der Waals surface area (Å²) in [4.78, 5) is 43.7. The van der Waals surface area contributed by atoms with Gasteiger partial charge in [-0.15, -0.1) is 0 Å². The van der Waals surface area contributed by atoms with Gasteiger partial charge in [-0.2, -0.15) is 13.8 Å². The molecular formula is C30H36F2N8O5. The normalized spacial score (nSPS) is 14.9. The molecule has 1 spiro atoms. The molecule has 1 aromatic carbocycles. The topological polar surface area (TPSA) is 139 Å². The first-order chi connectivity index (χ1) is 21.4. The van der Waals surface area contributed by atoms with Crippen molar-refractivity contribution < 1.29 is 28.0 Å². The number of nitrogens with one attached hydrogen (secondary N) is 1. The van der Waals surface area contributed by atoms with E-state index in [-0.39, 0.29) is 45.6 Å². The number of benzene rings is 1. The van der Waals surface area contributed by atoms with E-state index in [4.69, 9.17) is 9.47 Å². The Bertz CT molecular complexity index is 1580. The third-order valence-corrected chi connectivity index (χ3v) is 7.97. The van der Waals surface area contributed by atoms with Gasteiger partial charge in [0.25, 0.3) is 5.69 Å². The number of hydrogen-bond donors (Lipinski definition) is 1. The van der Waals surface area contributed by atoms with E-state index in [0.29, 0.717) is 19.6 Å². The molecule has 0 bridgehead atoms. The van der Waals surface area contributed by atoms with Crippen LogP contribution in [0.4, 0.5) is 43.3 Å². The minimum Gasteiger partial charge on any atom is -0.459 e. The number of esters is 1. The molecule has 3 heterocycles. The first-order valence-corrected chi connectivity index (χ1v) is 14.6. The van der Waals surface area contributed by atoms with Crippen LogP contribution in [0.5, 0.6) is 5.75 Å². The number of likely N-dealkylation sites (N-methyl/N-ethyl adjacent to an activating group) is 2. The van der Waals surface area contributed by atoms with Crippen LogP contribution in [0.15, 0.2) is 36.7 Å². The van der Waals surface area contributed by atoms with Crippen LogP contribution >= 0.6 is 0 Å². The summed E-state index contributed by atoms with van der Waals surface area (Å²) in [5.41, 5.74) is 1.27. The number of pyridine rings is 1. The third kappa shape index (κ3) is 6.57. The molecule has 5 rings (SSSR count). The lowest BCUT2D eigenvalue weighted by atomic mass is 9.67. The van der Waals surface area contributed by atoms with E-state index in [2.05, 4.69) is 20.3 Å². The van der Waals surface area contributed by atoms with Crippen molar-refractivity contribution in [2.45, 2.75) is 51.2 Å². The highest BCUT2D eigenvalue weighted by Crippen LogP contribution is 2.53. The third-order valence-electron chi connectivity index (χ3n) is 7.97. The largest absolute Gasteiger partial charge is 0.459 e. The van der Waals surface area contributed by atoms with Crippen molar-refractivity contribution in [2.24, 2.45) is 0 Å². The molecule has 3 aromatic rings. The van der Waals surface area contributed by atoms with E-state index in [1.54, 1.807) is 38.1 Å². The number of aromatic nitrogens is 3.